The van der Waals surface area contributed by atoms with Crippen LogP contribution in [0, 0.1) is 5.82 Å². The Morgan fingerprint density at radius 3 is 2.71 bits per heavy atom. The van der Waals surface area contributed by atoms with E-state index in [-0.39, 0.29) is 17.8 Å². The summed E-state index contributed by atoms with van der Waals surface area (Å²) in [7, 11) is 0. The molecule has 2 nitrogen and oxygen atoms in total. The van der Waals surface area contributed by atoms with Gasteiger partial charge in [0.25, 0.3) is 5.91 Å². The smallest absolute Gasteiger partial charge is 0.253 e. The molecule has 2 rings (SSSR count). The molecule has 0 saturated carbocycles. The van der Waals surface area contributed by atoms with Crippen LogP contribution < -0.4 is 5.32 Å². The molecule has 1 unspecified atom stereocenters. The summed E-state index contributed by atoms with van der Waals surface area (Å²) in [6.07, 6.45) is 0.423. The van der Waals surface area contributed by atoms with E-state index < -0.39 is 0 Å². The van der Waals surface area contributed by atoms with Gasteiger partial charge in [-0.15, -0.1) is 0 Å². The van der Waals surface area contributed by atoms with Crippen LogP contribution in [0.25, 0.3) is 0 Å². The standard InChI is InChI=1S/C16H14BrClFNO/c1-10(8-11-4-2-3-5-15(11)19)20-16(21)13-7-6-12(17)9-14(13)18/h2-7,9-10H,8H2,1H3,(H,20,21). The molecule has 0 saturated heterocycles. The fourth-order valence-electron chi connectivity index (χ4n) is 2.02. The quantitative estimate of drug-likeness (QED) is 0.837. The lowest BCUT2D eigenvalue weighted by Gasteiger charge is -2.15. The molecule has 0 aromatic heterocycles. The molecule has 0 spiro atoms. The molecule has 110 valence electrons. The first-order valence-corrected chi connectivity index (χ1v) is 7.64. The van der Waals surface area contributed by atoms with Crippen LogP contribution in [0.3, 0.4) is 0 Å². The van der Waals surface area contributed by atoms with E-state index in [9.17, 15) is 9.18 Å². The molecule has 2 aromatic carbocycles. The van der Waals surface area contributed by atoms with Crippen LogP contribution in [0.5, 0.6) is 0 Å². The minimum atomic E-state index is -0.267. The zero-order chi connectivity index (χ0) is 15.4. The van der Waals surface area contributed by atoms with Crippen molar-refractivity contribution >= 4 is 33.4 Å². The first-order valence-electron chi connectivity index (χ1n) is 6.46. The number of hydrogen-bond acceptors (Lipinski definition) is 1. The van der Waals surface area contributed by atoms with E-state index in [1.54, 1.807) is 36.4 Å². The molecule has 1 atom stereocenters. The molecule has 1 amide bonds. The van der Waals surface area contributed by atoms with E-state index in [4.69, 9.17) is 11.6 Å². The van der Waals surface area contributed by atoms with Crippen molar-refractivity contribution in [2.24, 2.45) is 0 Å². The van der Waals surface area contributed by atoms with Crippen LogP contribution in [0.4, 0.5) is 4.39 Å². The summed E-state index contributed by atoms with van der Waals surface area (Å²) in [6.45, 7) is 1.83. The molecule has 5 heteroatoms. The minimum absolute atomic E-state index is 0.200. The number of carbonyl (C=O) groups excluding carboxylic acids is 1. The summed E-state index contributed by atoms with van der Waals surface area (Å²) in [5.74, 6) is -0.531. The van der Waals surface area contributed by atoms with E-state index in [1.165, 1.54) is 6.07 Å². The largest absolute Gasteiger partial charge is 0.349 e. The van der Waals surface area contributed by atoms with E-state index in [0.717, 1.165) is 4.47 Å². The van der Waals surface area contributed by atoms with Crippen LogP contribution in [0.2, 0.25) is 5.02 Å². The Bertz CT molecular complexity index is 662. The van der Waals surface area contributed by atoms with Gasteiger partial charge in [0.05, 0.1) is 10.6 Å². The monoisotopic (exact) mass is 369 g/mol. The van der Waals surface area contributed by atoms with Crippen LogP contribution in [-0.4, -0.2) is 11.9 Å². The summed E-state index contributed by atoms with van der Waals surface area (Å²) in [5, 5.41) is 3.20. The lowest BCUT2D eigenvalue weighted by molar-refractivity contribution is 0.0940. The molecular formula is C16H14BrClFNO. The van der Waals surface area contributed by atoms with Crippen molar-refractivity contribution in [3.8, 4) is 0 Å². The predicted octanol–water partition coefficient (Wildman–Crippen LogP) is 4.60. The van der Waals surface area contributed by atoms with Gasteiger partial charge >= 0.3 is 0 Å². The Kier molecular flexibility index (Phi) is 5.37. The zero-order valence-corrected chi connectivity index (χ0v) is 13.7. The van der Waals surface area contributed by atoms with Crippen molar-refractivity contribution in [3.63, 3.8) is 0 Å². The second-order valence-electron chi connectivity index (χ2n) is 4.79. The molecule has 2 aromatic rings. The predicted molar refractivity (Wildman–Crippen MR) is 86.2 cm³/mol. The number of nitrogens with one attached hydrogen (secondary N) is 1. The Labute approximate surface area is 136 Å². The molecule has 1 N–H and O–H groups in total. The summed E-state index contributed by atoms with van der Waals surface area (Å²) in [6, 6.07) is 11.4. The van der Waals surface area contributed by atoms with Gasteiger partial charge in [-0.05, 0) is 43.2 Å². The van der Waals surface area contributed by atoms with Crippen molar-refractivity contribution in [3.05, 3.63) is 68.9 Å². The third-order valence-corrected chi connectivity index (χ3v) is 3.84. The van der Waals surface area contributed by atoms with Crippen LogP contribution in [0.15, 0.2) is 46.9 Å². The van der Waals surface area contributed by atoms with Gasteiger partial charge in [-0.25, -0.2) is 4.39 Å². The Hall–Kier alpha value is -1.39. The SMILES string of the molecule is CC(Cc1ccccc1F)NC(=O)c1ccc(Br)cc1Cl. The molecule has 21 heavy (non-hydrogen) atoms. The Morgan fingerprint density at radius 2 is 2.05 bits per heavy atom. The minimum Gasteiger partial charge on any atom is -0.349 e. The van der Waals surface area contributed by atoms with Gasteiger partial charge in [-0.1, -0.05) is 45.7 Å². The third kappa shape index (κ3) is 4.29. The zero-order valence-electron chi connectivity index (χ0n) is 11.4. The van der Waals surface area contributed by atoms with Gasteiger partial charge < -0.3 is 5.32 Å². The first-order chi connectivity index (χ1) is 9.97. The second-order valence-corrected chi connectivity index (χ2v) is 6.12. The molecule has 0 radical (unpaired) electrons. The number of rotatable bonds is 4. The summed E-state index contributed by atoms with van der Waals surface area (Å²) in [5.41, 5.74) is 0.979. The van der Waals surface area contributed by atoms with Gasteiger partial charge in [0.2, 0.25) is 0 Å². The Balaban J connectivity index is 2.04. The number of carbonyl (C=O) groups is 1. The number of hydrogen-bond donors (Lipinski definition) is 1. The van der Waals surface area contributed by atoms with Crippen LogP contribution in [0.1, 0.15) is 22.8 Å². The first kappa shape index (κ1) is 16.0. The van der Waals surface area contributed by atoms with Gasteiger partial charge in [0, 0.05) is 10.5 Å². The number of benzene rings is 2. The average Bonchev–Trinajstić information content (AvgIpc) is 2.41. The van der Waals surface area contributed by atoms with Gasteiger partial charge in [-0.3, -0.25) is 4.79 Å². The normalized spacial score (nSPS) is 12.0. The van der Waals surface area contributed by atoms with E-state index in [1.807, 2.05) is 6.92 Å². The second kappa shape index (κ2) is 7.05. The van der Waals surface area contributed by atoms with Crippen molar-refractivity contribution in [2.75, 3.05) is 0 Å². The summed E-state index contributed by atoms with van der Waals surface area (Å²) < 4.78 is 14.4. The van der Waals surface area contributed by atoms with E-state index in [0.29, 0.717) is 22.6 Å². The van der Waals surface area contributed by atoms with Gasteiger partial charge in [0.1, 0.15) is 5.82 Å². The Morgan fingerprint density at radius 1 is 1.33 bits per heavy atom. The fraction of sp³-hybridized carbons (Fsp3) is 0.188. The van der Waals surface area contributed by atoms with Gasteiger partial charge in [0.15, 0.2) is 0 Å². The average molecular weight is 371 g/mol. The van der Waals surface area contributed by atoms with Crippen molar-refractivity contribution in [1.29, 1.82) is 0 Å². The number of amides is 1. The van der Waals surface area contributed by atoms with Crippen LogP contribution >= 0.6 is 27.5 Å². The van der Waals surface area contributed by atoms with Crippen LogP contribution in [-0.2, 0) is 6.42 Å². The highest BCUT2D eigenvalue weighted by atomic mass is 79.9. The summed E-state index contributed by atoms with van der Waals surface area (Å²) >= 11 is 9.33. The summed E-state index contributed by atoms with van der Waals surface area (Å²) in [4.78, 5) is 12.2. The molecule has 0 aliphatic heterocycles. The highest BCUT2D eigenvalue weighted by Gasteiger charge is 2.14. The molecule has 0 bridgehead atoms. The maximum absolute atomic E-state index is 13.6. The van der Waals surface area contributed by atoms with Crippen molar-refractivity contribution in [2.45, 2.75) is 19.4 Å². The molecule has 0 heterocycles. The topological polar surface area (TPSA) is 29.1 Å². The maximum Gasteiger partial charge on any atom is 0.253 e. The highest BCUT2D eigenvalue weighted by Crippen LogP contribution is 2.21. The lowest BCUT2D eigenvalue weighted by atomic mass is 10.1. The lowest BCUT2D eigenvalue weighted by Crippen LogP contribution is -2.34. The molecule has 0 fully saturated rings. The maximum atomic E-state index is 13.6. The fourth-order valence-corrected chi connectivity index (χ4v) is 2.78. The van der Waals surface area contributed by atoms with E-state index >= 15 is 0 Å². The van der Waals surface area contributed by atoms with Crippen molar-refractivity contribution < 1.29 is 9.18 Å². The van der Waals surface area contributed by atoms with Crippen molar-refractivity contribution in [1.82, 2.24) is 5.32 Å². The molecule has 0 aliphatic rings. The molecular weight excluding hydrogens is 357 g/mol. The van der Waals surface area contributed by atoms with Gasteiger partial charge in [-0.2, -0.15) is 0 Å². The highest BCUT2D eigenvalue weighted by molar-refractivity contribution is 9.10. The third-order valence-electron chi connectivity index (χ3n) is 3.04. The number of halogens is 3. The molecule has 0 aliphatic carbocycles. The van der Waals surface area contributed by atoms with E-state index in [2.05, 4.69) is 21.2 Å².